The number of hydrogen-bond acceptors (Lipinski definition) is 1. The van der Waals surface area contributed by atoms with E-state index in [-0.39, 0.29) is 6.03 Å². The number of nitrogens with two attached hydrogens (primary N) is 1. The van der Waals surface area contributed by atoms with Gasteiger partial charge in [0.2, 0.25) is 0 Å². The summed E-state index contributed by atoms with van der Waals surface area (Å²) in [6.45, 7) is 1.77. The zero-order valence-corrected chi connectivity index (χ0v) is 6.49. The number of carbonyl (C=O) groups is 1. The highest BCUT2D eigenvalue weighted by Gasteiger charge is 2.37. The van der Waals surface area contributed by atoms with Gasteiger partial charge in [0.1, 0.15) is 0 Å². The third kappa shape index (κ3) is 1.08. The summed E-state index contributed by atoms with van der Waals surface area (Å²) in [5.41, 5.74) is 5.18. The summed E-state index contributed by atoms with van der Waals surface area (Å²) in [5, 5.41) is 0. The van der Waals surface area contributed by atoms with E-state index in [0.29, 0.717) is 11.8 Å². The number of nitrogens with zero attached hydrogens (tertiary/aromatic N) is 1. The first-order chi connectivity index (χ1) is 5.27. The number of carbonyl (C=O) groups excluding carboxylic acids is 1. The molecule has 2 unspecified atom stereocenters. The van der Waals surface area contributed by atoms with Crippen molar-refractivity contribution in [1.29, 1.82) is 0 Å². The predicted molar refractivity (Wildman–Crippen MR) is 41.7 cm³/mol. The van der Waals surface area contributed by atoms with E-state index in [0.717, 1.165) is 13.1 Å². The Balaban J connectivity index is 1.99. The Bertz CT molecular complexity index is 169. The summed E-state index contributed by atoms with van der Waals surface area (Å²) in [5.74, 6) is 1.42. The van der Waals surface area contributed by atoms with Crippen LogP contribution in [0.4, 0.5) is 4.79 Å². The zero-order valence-electron chi connectivity index (χ0n) is 6.49. The molecule has 1 aliphatic carbocycles. The molecule has 0 aromatic heterocycles. The van der Waals surface area contributed by atoms with Crippen molar-refractivity contribution in [2.75, 3.05) is 13.1 Å². The number of amides is 2. The standard InChI is InChI=1S/C8H13N2O/c9-8(11)10-4-6-2-1-3-7(6)5-10/h1,6-7H,2-5H2,(H2,9,11). The summed E-state index contributed by atoms with van der Waals surface area (Å²) < 4.78 is 0. The van der Waals surface area contributed by atoms with Gasteiger partial charge < -0.3 is 10.6 Å². The van der Waals surface area contributed by atoms with Gasteiger partial charge in [0.15, 0.2) is 0 Å². The van der Waals surface area contributed by atoms with E-state index in [4.69, 9.17) is 5.73 Å². The van der Waals surface area contributed by atoms with E-state index in [9.17, 15) is 4.79 Å². The lowest BCUT2D eigenvalue weighted by Gasteiger charge is -2.12. The second-order valence-corrected chi connectivity index (χ2v) is 3.52. The molecular weight excluding hydrogens is 140 g/mol. The van der Waals surface area contributed by atoms with Crippen molar-refractivity contribution in [2.45, 2.75) is 12.8 Å². The van der Waals surface area contributed by atoms with Gasteiger partial charge in [-0.15, -0.1) is 0 Å². The summed E-state index contributed by atoms with van der Waals surface area (Å²) in [6.07, 6.45) is 4.68. The largest absolute Gasteiger partial charge is 0.351 e. The zero-order chi connectivity index (χ0) is 7.84. The van der Waals surface area contributed by atoms with Crippen LogP contribution in [0.3, 0.4) is 0 Å². The molecule has 0 spiro atoms. The molecule has 2 fully saturated rings. The first kappa shape index (κ1) is 6.95. The SMILES string of the molecule is NC(=O)N1CC2C[CH]CC2C1. The Morgan fingerprint density at radius 1 is 1.36 bits per heavy atom. The van der Waals surface area contributed by atoms with Gasteiger partial charge in [0.25, 0.3) is 0 Å². The Morgan fingerprint density at radius 2 is 1.91 bits per heavy atom. The Morgan fingerprint density at radius 3 is 2.36 bits per heavy atom. The van der Waals surface area contributed by atoms with E-state index in [1.807, 2.05) is 0 Å². The minimum Gasteiger partial charge on any atom is -0.351 e. The van der Waals surface area contributed by atoms with Crippen molar-refractivity contribution >= 4 is 6.03 Å². The first-order valence-corrected chi connectivity index (χ1v) is 4.13. The van der Waals surface area contributed by atoms with Crippen molar-refractivity contribution < 1.29 is 4.79 Å². The highest BCUT2D eigenvalue weighted by Crippen LogP contribution is 2.36. The second-order valence-electron chi connectivity index (χ2n) is 3.52. The summed E-state index contributed by atoms with van der Waals surface area (Å²) >= 11 is 0. The molecule has 2 atom stereocenters. The first-order valence-electron chi connectivity index (χ1n) is 4.13. The van der Waals surface area contributed by atoms with Crippen molar-refractivity contribution in [3.05, 3.63) is 6.42 Å². The van der Waals surface area contributed by atoms with Crippen LogP contribution in [-0.2, 0) is 0 Å². The van der Waals surface area contributed by atoms with Crippen LogP contribution in [-0.4, -0.2) is 24.0 Å². The number of fused-ring (bicyclic) bond motifs is 1. The third-order valence-corrected chi connectivity index (χ3v) is 2.83. The van der Waals surface area contributed by atoms with Crippen molar-refractivity contribution in [3.63, 3.8) is 0 Å². The van der Waals surface area contributed by atoms with Crippen LogP contribution >= 0.6 is 0 Å². The van der Waals surface area contributed by atoms with Crippen LogP contribution in [0.25, 0.3) is 0 Å². The van der Waals surface area contributed by atoms with Crippen molar-refractivity contribution in [3.8, 4) is 0 Å². The average molecular weight is 153 g/mol. The van der Waals surface area contributed by atoms with Gasteiger partial charge in [-0.2, -0.15) is 0 Å². The maximum atomic E-state index is 10.8. The Kier molecular flexibility index (Phi) is 1.51. The van der Waals surface area contributed by atoms with Gasteiger partial charge >= 0.3 is 6.03 Å². The number of rotatable bonds is 0. The molecule has 61 valence electrons. The van der Waals surface area contributed by atoms with Crippen LogP contribution in [0.2, 0.25) is 0 Å². The van der Waals surface area contributed by atoms with E-state index in [1.54, 1.807) is 4.90 Å². The lowest BCUT2D eigenvalue weighted by molar-refractivity contribution is 0.215. The third-order valence-electron chi connectivity index (χ3n) is 2.83. The minimum absolute atomic E-state index is 0.251. The minimum atomic E-state index is -0.251. The molecule has 0 aromatic rings. The lowest BCUT2D eigenvalue weighted by Crippen LogP contribution is -2.34. The van der Waals surface area contributed by atoms with E-state index < -0.39 is 0 Å². The molecule has 2 amide bonds. The molecule has 11 heavy (non-hydrogen) atoms. The fraction of sp³-hybridized carbons (Fsp3) is 0.750. The molecule has 1 heterocycles. The fourth-order valence-electron chi connectivity index (χ4n) is 2.18. The Hall–Kier alpha value is -0.730. The molecule has 2 rings (SSSR count). The van der Waals surface area contributed by atoms with Crippen LogP contribution in [0.15, 0.2) is 0 Å². The molecule has 1 radical (unpaired) electrons. The van der Waals surface area contributed by atoms with Crippen LogP contribution < -0.4 is 5.73 Å². The number of hydrogen-bond donors (Lipinski definition) is 1. The van der Waals surface area contributed by atoms with Gasteiger partial charge in [-0.1, -0.05) is 0 Å². The molecule has 1 aliphatic heterocycles. The number of likely N-dealkylation sites (tertiary alicyclic amines) is 1. The number of primary amides is 1. The quantitative estimate of drug-likeness (QED) is 0.544. The van der Waals surface area contributed by atoms with E-state index in [1.165, 1.54) is 12.8 Å². The molecule has 3 nitrogen and oxygen atoms in total. The maximum Gasteiger partial charge on any atom is 0.314 e. The highest BCUT2D eigenvalue weighted by atomic mass is 16.2. The van der Waals surface area contributed by atoms with Gasteiger partial charge in [-0.25, -0.2) is 4.79 Å². The van der Waals surface area contributed by atoms with Crippen LogP contribution in [0.5, 0.6) is 0 Å². The summed E-state index contributed by atoms with van der Waals surface area (Å²) in [4.78, 5) is 12.5. The van der Waals surface area contributed by atoms with E-state index in [2.05, 4.69) is 6.42 Å². The molecule has 0 bridgehead atoms. The average Bonchev–Trinajstić information content (AvgIpc) is 2.40. The molecule has 2 aliphatic rings. The molecule has 0 aromatic carbocycles. The lowest BCUT2D eigenvalue weighted by atomic mass is 10.0. The van der Waals surface area contributed by atoms with Crippen LogP contribution in [0, 0.1) is 18.3 Å². The van der Waals surface area contributed by atoms with Gasteiger partial charge in [-0.05, 0) is 31.1 Å². The fourth-order valence-corrected chi connectivity index (χ4v) is 2.18. The molecule has 1 saturated heterocycles. The topological polar surface area (TPSA) is 46.3 Å². The summed E-state index contributed by atoms with van der Waals surface area (Å²) in [7, 11) is 0. The smallest absolute Gasteiger partial charge is 0.314 e. The maximum absolute atomic E-state index is 10.8. The van der Waals surface area contributed by atoms with E-state index >= 15 is 0 Å². The van der Waals surface area contributed by atoms with Crippen LogP contribution in [0.1, 0.15) is 12.8 Å². The van der Waals surface area contributed by atoms with Crippen molar-refractivity contribution in [1.82, 2.24) is 4.90 Å². The predicted octanol–water partition coefficient (Wildman–Crippen LogP) is 0.611. The van der Waals surface area contributed by atoms with Gasteiger partial charge in [0.05, 0.1) is 0 Å². The number of urea groups is 1. The highest BCUT2D eigenvalue weighted by molar-refractivity contribution is 5.72. The van der Waals surface area contributed by atoms with Gasteiger partial charge in [0, 0.05) is 13.1 Å². The second kappa shape index (κ2) is 2.40. The molecule has 1 saturated carbocycles. The normalized spacial score (nSPS) is 35.8. The van der Waals surface area contributed by atoms with Crippen molar-refractivity contribution in [2.24, 2.45) is 17.6 Å². The van der Waals surface area contributed by atoms with Gasteiger partial charge in [-0.3, -0.25) is 0 Å². The monoisotopic (exact) mass is 153 g/mol. The molecular formula is C8H13N2O. The Labute approximate surface area is 66.5 Å². The molecule has 2 N–H and O–H groups in total. The summed E-state index contributed by atoms with van der Waals surface area (Å²) in [6, 6.07) is -0.251. The molecule has 3 heteroatoms.